The Kier molecular flexibility index (Phi) is 3.74. The van der Waals surface area contributed by atoms with Crippen LogP contribution in [0.25, 0.3) is 0 Å². The van der Waals surface area contributed by atoms with E-state index < -0.39 is 0 Å². The molecule has 1 aromatic rings. The molecule has 0 amide bonds. The summed E-state index contributed by atoms with van der Waals surface area (Å²) in [6.45, 7) is 2.65. The van der Waals surface area contributed by atoms with Gasteiger partial charge < -0.3 is 22.2 Å². The Bertz CT molecular complexity index is 365. The van der Waals surface area contributed by atoms with Crippen LogP contribution < -0.4 is 16.8 Å². The zero-order valence-electron chi connectivity index (χ0n) is 8.75. The van der Waals surface area contributed by atoms with E-state index >= 15 is 0 Å². The maximum Gasteiger partial charge on any atom is 0.122 e. The van der Waals surface area contributed by atoms with Crippen molar-refractivity contribution >= 4 is 6.21 Å². The number of hydrogen-bond donors (Lipinski definition) is 4. The molecule has 0 fully saturated rings. The van der Waals surface area contributed by atoms with E-state index in [1.165, 1.54) is 5.56 Å². The second-order valence-electron chi connectivity index (χ2n) is 3.35. The molecule has 1 aromatic carbocycles. The van der Waals surface area contributed by atoms with E-state index in [1.807, 2.05) is 31.2 Å². The maximum atomic E-state index is 6.92. The molecule has 4 nitrogen and oxygen atoms in total. The van der Waals surface area contributed by atoms with Gasteiger partial charge in [0, 0.05) is 12.8 Å². The van der Waals surface area contributed by atoms with Crippen molar-refractivity contribution < 1.29 is 0 Å². The van der Waals surface area contributed by atoms with Crippen LogP contribution >= 0.6 is 0 Å². The molecule has 80 valence electrons. The van der Waals surface area contributed by atoms with Crippen LogP contribution in [0, 0.1) is 12.3 Å². The van der Waals surface area contributed by atoms with Gasteiger partial charge in [0.05, 0.1) is 5.70 Å². The number of allylic oxidation sites excluding steroid dienone is 1. The van der Waals surface area contributed by atoms with Gasteiger partial charge in [-0.3, -0.25) is 0 Å². The minimum Gasteiger partial charge on any atom is -0.395 e. The fraction of sp³-hybridized carbons (Fsp3) is 0.182. The van der Waals surface area contributed by atoms with Crippen molar-refractivity contribution in [2.24, 2.45) is 11.5 Å². The van der Waals surface area contributed by atoms with Crippen LogP contribution in [-0.4, -0.2) is 6.21 Å². The predicted molar refractivity (Wildman–Crippen MR) is 62.2 cm³/mol. The highest BCUT2D eigenvalue weighted by Crippen LogP contribution is 2.02. The van der Waals surface area contributed by atoms with Gasteiger partial charge in [0.15, 0.2) is 0 Å². The molecule has 0 radical (unpaired) electrons. The second-order valence-corrected chi connectivity index (χ2v) is 3.35. The third-order valence-corrected chi connectivity index (χ3v) is 2.07. The standard InChI is InChI=1S/C11H16N4/c1-8-2-4-9(5-3-8)7-15-11(14)10(13)6-12/h2-6,12,15H,7,13-14H2,1H3/b11-10+,12-6?. The van der Waals surface area contributed by atoms with Crippen LogP contribution in [0.4, 0.5) is 0 Å². The molecule has 0 aliphatic carbocycles. The second kappa shape index (κ2) is 5.05. The summed E-state index contributed by atoms with van der Waals surface area (Å²) in [5, 5.41) is 9.87. The van der Waals surface area contributed by atoms with E-state index in [1.54, 1.807) is 0 Å². The highest BCUT2D eigenvalue weighted by atomic mass is 15.0. The molecule has 0 spiro atoms. The molecule has 15 heavy (non-hydrogen) atoms. The summed E-state index contributed by atoms with van der Waals surface area (Å²) in [7, 11) is 0. The average Bonchev–Trinajstić information content (AvgIpc) is 2.26. The largest absolute Gasteiger partial charge is 0.395 e. The topological polar surface area (TPSA) is 87.9 Å². The monoisotopic (exact) mass is 204 g/mol. The van der Waals surface area contributed by atoms with Gasteiger partial charge in [-0.05, 0) is 12.5 Å². The fourth-order valence-electron chi connectivity index (χ4n) is 1.08. The highest BCUT2D eigenvalue weighted by Gasteiger charge is 1.96. The number of nitrogens with one attached hydrogen (secondary N) is 2. The van der Waals surface area contributed by atoms with Crippen molar-refractivity contribution in [3.8, 4) is 0 Å². The van der Waals surface area contributed by atoms with Gasteiger partial charge in [0.25, 0.3) is 0 Å². The number of nitrogens with two attached hydrogens (primary N) is 2. The molecule has 0 aliphatic heterocycles. The quantitative estimate of drug-likeness (QED) is 0.547. The summed E-state index contributed by atoms with van der Waals surface area (Å²) in [6, 6.07) is 8.13. The van der Waals surface area contributed by atoms with Gasteiger partial charge in [-0.25, -0.2) is 0 Å². The molecular weight excluding hydrogens is 188 g/mol. The Balaban J connectivity index is 2.58. The van der Waals surface area contributed by atoms with Gasteiger partial charge in [-0.2, -0.15) is 0 Å². The smallest absolute Gasteiger partial charge is 0.122 e. The number of rotatable bonds is 4. The van der Waals surface area contributed by atoms with Crippen LogP contribution in [0.2, 0.25) is 0 Å². The molecule has 0 atom stereocenters. The Labute approximate surface area is 89.5 Å². The highest BCUT2D eigenvalue weighted by molar-refractivity contribution is 5.75. The van der Waals surface area contributed by atoms with Gasteiger partial charge in [-0.15, -0.1) is 0 Å². The summed E-state index contributed by atoms with van der Waals surface area (Å²) in [6.07, 6.45) is 1.03. The van der Waals surface area contributed by atoms with Gasteiger partial charge in [0.1, 0.15) is 5.82 Å². The van der Waals surface area contributed by atoms with E-state index in [-0.39, 0.29) is 5.70 Å². The van der Waals surface area contributed by atoms with Crippen LogP contribution in [-0.2, 0) is 6.54 Å². The van der Waals surface area contributed by atoms with Crippen LogP contribution in [0.3, 0.4) is 0 Å². The van der Waals surface area contributed by atoms with Crippen molar-refractivity contribution in [3.05, 3.63) is 46.9 Å². The van der Waals surface area contributed by atoms with E-state index in [0.29, 0.717) is 12.4 Å². The lowest BCUT2D eigenvalue weighted by atomic mass is 10.1. The van der Waals surface area contributed by atoms with Gasteiger partial charge >= 0.3 is 0 Å². The lowest BCUT2D eigenvalue weighted by molar-refractivity contribution is 0.791. The molecule has 6 N–H and O–H groups in total. The molecule has 0 bridgehead atoms. The van der Waals surface area contributed by atoms with Crippen molar-refractivity contribution in [2.45, 2.75) is 13.5 Å². The lowest BCUT2D eigenvalue weighted by Gasteiger charge is -2.07. The minimum absolute atomic E-state index is 0.252. The first-order chi connectivity index (χ1) is 7.13. The van der Waals surface area contributed by atoms with Crippen LogP contribution in [0.5, 0.6) is 0 Å². The Morgan fingerprint density at radius 1 is 1.33 bits per heavy atom. The molecule has 0 saturated carbocycles. The minimum atomic E-state index is 0.252. The maximum absolute atomic E-state index is 6.92. The first-order valence-corrected chi connectivity index (χ1v) is 4.68. The molecule has 0 aromatic heterocycles. The molecule has 0 aliphatic rings. The Morgan fingerprint density at radius 2 is 1.93 bits per heavy atom. The summed E-state index contributed by atoms with van der Waals surface area (Å²) in [5.74, 6) is 0.338. The van der Waals surface area contributed by atoms with Crippen molar-refractivity contribution in [1.82, 2.24) is 5.32 Å². The molecular formula is C11H16N4. The molecule has 0 saturated heterocycles. The van der Waals surface area contributed by atoms with Gasteiger partial charge in [0.2, 0.25) is 0 Å². The van der Waals surface area contributed by atoms with Crippen molar-refractivity contribution in [2.75, 3.05) is 0 Å². The number of hydrogen-bond acceptors (Lipinski definition) is 4. The SMILES string of the molecule is Cc1ccc(CN/C(N)=C(/N)C=N)cc1. The van der Waals surface area contributed by atoms with Gasteiger partial charge in [-0.1, -0.05) is 29.8 Å². The number of benzene rings is 1. The van der Waals surface area contributed by atoms with E-state index in [0.717, 1.165) is 11.8 Å². The summed E-state index contributed by atoms with van der Waals surface area (Å²) in [5.41, 5.74) is 13.7. The van der Waals surface area contributed by atoms with E-state index in [4.69, 9.17) is 16.9 Å². The van der Waals surface area contributed by atoms with E-state index in [2.05, 4.69) is 5.32 Å². The molecule has 4 heteroatoms. The molecule has 0 heterocycles. The van der Waals surface area contributed by atoms with Crippen molar-refractivity contribution in [3.63, 3.8) is 0 Å². The summed E-state index contributed by atoms with van der Waals surface area (Å²) in [4.78, 5) is 0. The van der Waals surface area contributed by atoms with Crippen LogP contribution in [0.1, 0.15) is 11.1 Å². The zero-order valence-corrected chi connectivity index (χ0v) is 8.75. The van der Waals surface area contributed by atoms with Crippen molar-refractivity contribution in [1.29, 1.82) is 5.41 Å². The van der Waals surface area contributed by atoms with Crippen LogP contribution in [0.15, 0.2) is 35.8 Å². The first-order valence-electron chi connectivity index (χ1n) is 4.68. The van der Waals surface area contributed by atoms with E-state index in [9.17, 15) is 0 Å². The summed E-state index contributed by atoms with van der Waals surface area (Å²) >= 11 is 0. The predicted octanol–water partition coefficient (Wildman–Crippen LogP) is 0.821. The Hall–Kier alpha value is -1.97. The molecule has 0 unspecified atom stereocenters. The fourth-order valence-corrected chi connectivity index (χ4v) is 1.08. The number of aryl methyl sites for hydroxylation is 1. The third kappa shape index (κ3) is 3.34. The first kappa shape index (κ1) is 11.1. The summed E-state index contributed by atoms with van der Waals surface area (Å²) < 4.78 is 0. The normalized spacial score (nSPS) is 11.8. The zero-order chi connectivity index (χ0) is 11.3. The third-order valence-electron chi connectivity index (χ3n) is 2.07. The average molecular weight is 204 g/mol. The molecule has 1 rings (SSSR count). The lowest BCUT2D eigenvalue weighted by Crippen LogP contribution is -2.24. The Morgan fingerprint density at radius 3 is 2.47 bits per heavy atom.